The first-order valence-electron chi connectivity index (χ1n) is 7.89. The van der Waals surface area contributed by atoms with E-state index in [1.807, 2.05) is 17.9 Å². The predicted molar refractivity (Wildman–Crippen MR) is 78.7 cm³/mol. The van der Waals surface area contributed by atoms with Crippen LogP contribution in [-0.4, -0.2) is 59.6 Å². The van der Waals surface area contributed by atoms with Crippen LogP contribution in [0.4, 0.5) is 0 Å². The fourth-order valence-corrected chi connectivity index (χ4v) is 3.13. The van der Waals surface area contributed by atoms with Gasteiger partial charge in [-0.15, -0.1) is 0 Å². The summed E-state index contributed by atoms with van der Waals surface area (Å²) in [5.41, 5.74) is 0.973. The Labute approximate surface area is 125 Å². The van der Waals surface area contributed by atoms with Crippen LogP contribution in [0.2, 0.25) is 0 Å². The summed E-state index contributed by atoms with van der Waals surface area (Å²) in [5.74, 6) is 1.13. The molecule has 2 saturated heterocycles. The first-order chi connectivity index (χ1) is 10.2. The van der Waals surface area contributed by atoms with Crippen molar-refractivity contribution in [3.05, 3.63) is 17.5 Å². The van der Waals surface area contributed by atoms with Gasteiger partial charge in [-0.3, -0.25) is 9.69 Å². The Morgan fingerprint density at radius 2 is 2.19 bits per heavy atom. The maximum atomic E-state index is 12.4. The van der Waals surface area contributed by atoms with Gasteiger partial charge in [0, 0.05) is 38.8 Å². The monoisotopic (exact) mass is 292 g/mol. The molecule has 2 aliphatic rings. The number of carbonyl (C=O) groups excluding carboxylic acids is 1. The third-order valence-electron chi connectivity index (χ3n) is 4.35. The summed E-state index contributed by atoms with van der Waals surface area (Å²) in [4.78, 5) is 16.8. The van der Waals surface area contributed by atoms with Gasteiger partial charge in [-0.05, 0) is 26.3 Å². The number of aryl methyl sites for hydroxylation is 1. The molecule has 0 aromatic carbocycles. The van der Waals surface area contributed by atoms with Gasteiger partial charge in [0.05, 0.1) is 11.7 Å². The molecule has 0 aliphatic carbocycles. The number of piperidine rings is 1. The summed E-state index contributed by atoms with van der Waals surface area (Å²) in [6.45, 7) is 7.13. The summed E-state index contributed by atoms with van der Waals surface area (Å²) >= 11 is 0. The zero-order valence-corrected chi connectivity index (χ0v) is 12.7. The number of carbonyl (C=O) groups is 1. The van der Waals surface area contributed by atoms with Gasteiger partial charge in [-0.25, -0.2) is 0 Å². The second-order valence-corrected chi connectivity index (χ2v) is 6.03. The molecule has 0 saturated carbocycles. The van der Waals surface area contributed by atoms with Crippen molar-refractivity contribution in [2.45, 2.75) is 38.8 Å². The summed E-state index contributed by atoms with van der Waals surface area (Å²) in [6.07, 6.45) is 3.33. The Kier molecular flexibility index (Phi) is 4.55. The van der Waals surface area contributed by atoms with Crippen molar-refractivity contribution in [3.8, 4) is 0 Å². The molecule has 1 N–H and O–H groups in total. The van der Waals surface area contributed by atoms with E-state index in [2.05, 4.69) is 15.4 Å². The van der Waals surface area contributed by atoms with Crippen LogP contribution in [-0.2, 0) is 11.3 Å². The fourth-order valence-electron chi connectivity index (χ4n) is 3.13. The highest BCUT2D eigenvalue weighted by Gasteiger charge is 2.28. The summed E-state index contributed by atoms with van der Waals surface area (Å²) in [5, 5.41) is 7.37. The van der Waals surface area contributed by atoms with Gasteiger partial charge in [0.1, 0.15) is 5.76 Å². The second kappa shape index (κ2) is 6.58. The molecule has 0 unspecified atom stereocenters. The van der Waals surface area contributed by atoms with Gasteiger partial charge in [0.15, 0.2) is 0 Å². The maximum absolute atomic E-state index is 12.4. The van der Waals surface area contributed by atoms with E-state index in [9.17, 15) is 4.79 Å². The normalized spacial score (nSPS) is 24.2. The number of hydrogen-bond acceptors (Lipinski definition) is 5. The Morgan fingerprint density at radius 1 is 1.38 bits per heavy atom. The van der Waals surface area contributed by atoms with Crippen molar-refractivity contribution in [2.24, 2.45) is 0 Å². The number of hydrogen-bond donors (Lipinski definition) is 1. The molecule has 0 bridgehead atoms. The van der Waals surface area contributed by atoms with Crippen LogP contribution in [0.25, 0.3) is 0 Å². The summed E-state index contributed by atoms with van der Waals surface area (Å²) < 4.78 is 5.10. The summed E-state index contributed by atoms with van der Waals surface area (Å²) in [7, 11) is 0. The van der Waals surface area contributed by atoms with E-state index in [1.54, 1.807) is 0 Å². The Morgan fingerprint density at radius 3 is 2.81 bits per heavy atom. The lowest BCUT2D eigenvalue weighted by Crippen LogP contribution is -2.54. The van der Waals surface area contributed by atoms with E-state index in [4.69, 9.17) is 4.52 Å². The highest BCUT2D eigenvalue weighted by Crippen LogP contribution is 2.13. The lowest BCUT2D eigenvalue weighted by molar-refractivity contribution is -0.135. The number of piperazine rings is 1. The molecule has 6 heteroatoms. The van der Waals surface area contributed by atoms with Crippen molar-refractivity contribution in [2.75, 3.05) is 32.7 Å². The van der Waals surface area contributed by atoms with Crippen LogP contribution in [0.3, 0.4) is 0 Å². The minimum Gasteiger partial charge on any atom is -0.361 e. The molecule has 1 aromatic rings. The van der Waals surface area contributed by atoms with Crippen molar-refractivity contribution in [1.82, 2.24) is 20.3 Å². The standard InChI is InChI=1S/C15H24N4O2/c1-12-10-13(17-21-12)11-18-6-8-19(9-7-18)15(20)14-4-2-3-5-16-14/h10,14,16H,2-9,11H2,1H3/t14-/m1/s1. The van der Waals surface area contributed by atoms with Gasteiger partial charge < -0.3 is 14.7 Å². The highest BCUT2D eigenvalue weighted by atomic mass is 16.5. The van der Waals surface area contributed by atoms with Gasteiger partial charge >= 0.3 is 0 Å². The first kappa shape index (κ1) is 14.5. The molecule has 6 nitrogen and oxygen atoms in total. The molecule has 116 valence electrons. The van der Waals surface area contributed by atoms with E-state index in [0.717, 1.165) is 63.6 Å². The molecule has 1 amide bonds. The number of aromatic nitrogens is 1. The smallest absolute Gasteiger partial charge is 0.239 e. The third-order valence-corrected chi connectivity index (χ3v) is 4.35. The molecule has 0 spiro atoms. The third kappa shape index (κ3) is 3.63. The van der Waals surface area contributed by atoms with E-state index in [-0.39, 0.29) is 11.9 Å². The number of amides is 1. The molecule has 3 heterocycles. The minimum atomic E-state index is 0.0449. The SMILES string of the molecule is Cc1cc(CN2CCN(C(=O)[C@H]3CCCCN3)CC2)no1. The second-order valence-electron chi connectivity index (χ2n) is 6.03. The Hall–Kier alpha value is -1.40. The van der Waals surface area contributed by atoms with Crippen molar-refractivity contribution < 1.29 is 9.32 Å². The molecule has 2 fully saturated rings. The molecular formula is C15H24N4O2. The van der Waals surface area contributed by atoms with Crippen LogP contribution in [0.1, 0.15) is 30.7 Å². The van der Waals surface area contributed by atoms with Crippen LogP contribution in [0.15, 0.2) is 10.6 Å². The molecule has 3 rings (SSSR count). The van der Waals surface area contributed by atoms with Gasteiger partial charge in [-0.2, -0.15) is 0 Å². The molecular weight excluding hydrogens is 268 g/mol. The zero-order valence-electron chi connectivity index (χ0n) is 12.7. The molecule has 2 aliphatic heterocycles. The van der Waals surface area contributed by atoms with Crippen LogP contribution >= 0.6 is 0 Å². The zero-order chi connectivity index (χ0) is 14.7. The van der Waals surface area contributed by atoms with E-state index in [0.29, 0.717) is 0 Å². The largest absolute Gasteiger partial charge is 0.361 e. The average molecular weight is 292 g/mol. The fraction of sp³-hybridized carbons (Fsp3) is 0.733. The predicted octanol–water partition coefficient (Wildman–Crippen LogP) is 0.769. The van der Waals surface area contributed by atoms with Gasteiger partial charge in [0.2, 0.25) is 5.91 Å². The van der Waals surface area contributed by atoms with Crippen LogP contribution in [0, 0.1) is 6.92 Å². The van der Waals surface area contributed by atoms with E-state index < -0.39 is 0 Å². The lowest BCUT2D eigenvalue weighted by Gasteiger charge is -2.37. The summed E-state index contributed by atoms with van der Waals surface area (Å²) in [6, 6.07) is 2.02. The Bertz CT molecular complexity index is 474. The van der Waals surface area contributed by atoms with E-state index in [1.165, 1.54) is 6.42 Å². The van der Waals surface area contributed by atoms with Crippen molar-refractivity contribution >= 4 is 5.91 Å². The molecule has 1 atom stereocenters. The average Bonchev–Trinajstić information content (AvgIpc) is 2.93. The number of rotatable bonds is 3. The molecule has 0 radical (unpaired) electrons. The van der Waals surface area contributed by atoms with Gasteiger partial charge in [-0.1, -0.05) is 11.6 Å². The van der Waals surface area contributed by atoms with Gasteiger partial charge in [0.25, 0.3) is 0 Å². The quantitative estimate of drug-likeness (QED) is 0.891. The van der Waals surface area contributed by atoms with Crippen LogP contribution in [0.5, 0.6) is 0 Å². The number of nitrogens with zero attached hydrogens (tertiary/aromatic N) is 3. The topological polar surface area (TPSA) is 61.6 Å². The number of nitrogens with one attached hydrogen (secondary N) is 1. The first-order valence-corrected chi connectivity index (χ1v) is 7.89. The molecule has 21 heavy (non-hydrogen) atoms. The maximum Gasteiger partial charge on any atom is 0.239 e. The lowest BCUT2D eigenvalue weighted by atomic mass is 10.0. The van der Waals surface area contributed by atoms with Crippen molar-refractivity contribution in [1.29, 1.82) is 0 Å². The molecule has 1 aromatic heterocycles. The Balaban J connectivity index is 1.47. The van der Waals surface area contributed by atoms with E-state index >= 15 is 0 Å². The minimum absolute atomic E-state index is 0.0449. The van der Waals surface area contributed by atoms with Crippen molar-refractivity contribution in [3.63, 3.8) is 0 Å². The highest BCUT2D eigenvalue weighted by molar-refractivity contribution is 5.82. The van der Waals surface area contributed by atoms with Crippen LogP contribution < -0.4 is 5.32 Å².